The van der Waals surface area contributed by atoms with Crippen LogP contribution < -0.4 is 5.32 Å². The third kappa shape index (κ3) is 2.71. The molecule has 1 N–H and O–H groups in total. The molecule has 3 nitrogen and oxygen atoms in total. The van der Waals surface area contributed by atoms with E-state index < -0.39 is 0 Å². The minimum atomic E-state index is -0.125. The topological polar surface area (TPSA) is 32.3 Å². The van der Waals surface area contributed by atoms with Crippen molar-refractivity contribution in [3.05, 3.63) is 0 Å². The van der Waals surface area contributed by atoms with Gasteiger partial charge in [-0.3, -0.25) is 9.69 Å². The van der Waals surface area contributed by atoms with Crippen LogP contribution in [0.2, 0.25) is 0 Å². The van der Waals surface area contributed by atoms with Gasteiger partial charge in [-0.05, 0) is 46.7 Å². The summed E-state index contributed by atoms with van der Waals surface area (Å²) in [5.74, 6) is 0.646. The summed E-state index contributed by atoms with van der Waals surface area (Å²) in [5, 5.41) is 3.04. The van der Waals surface area contributed by atoms with E-state index in [9.17, 15) is 4.79 Å². The Morgan fingerprint density at radius 2 is 2.00 bits per heavy atom. The Bertz CT molecular complexity index is 210. The normalized spacial score (nSPS) is 29.2. The lowest BCUT2D eigenvalue weighted by Crippen LogP contribution is -2.50. The quantitative estimate of drug-likeness (QED) is 0.687. The molecule has 0 aromatic carbocycles. The van der Waals surface area contributed by atoms with E-state index in [1.54, 1.807) is 0 Å². The molecule has 1 aliphatic rings. The molecule has 0 aliphatic carbocycles. The summed E-state index contributed by atoms with van der Waals surface area (Å²) >= 11 is 0. The Hall–Kier alpha value is -0.570. The fourth-order valence-electron chi connectivity index (χ4n) is 2.04. The summed E-state index contributed by atoms with van der Waals surface area (Å²) in [7, 11) is 2.02. The van der Waals surface area contributed by atoms with Gasteiger partial charge in [-0.25, -0.2) is 0 Å². The maximum atomic E-state index is 11.9. The van der Waals surface area contributed by atoms with Crippen molar-refractivity contribution in [3.8, 4) is 0 Å². The van der Waals surface area contributed by atoms with Crippen molar-refractivity contribution < 1.29 is 4.79 Å². The van der Waals surface area contributed by atoms with Crippen LogP contribution in [-0.4, -0.2) is 36.0 Å². The van der Waals surface area contributed by atoms with Gasteiger partial charge in [-0.1, -0.05) is 6.92 Å². The first-order valence-corrected chi connectivity index (χ1v) is 5.33. The molecule has 0 radical (unpaired) electrons. The maximum absolute atomic E-state index is 11.9. The van der Waals surface area contributed by atoms with Crippen molar-refractivity contribution in [2.75, 3.05) is 13.6 Å². The zero-order valence-corrected chi connectivity index (χ0v) is 9.92. The Morgan fingerprint density at radius 3 is 2.36 bits per heavy atom. The van der Waals surface area contributed by atoms with Crippen molar-refractivity contribution in [3.63, 3.8) is 0 Å². The number of amides is 1. The predicted molar refractivity (Wildman–Crippen MR) is 58.1 cm³/mol. The second-order valence-corrected chi connectivity index (χ2v) is 5.43. The van der Waals surface area contributed by atoms with E-state index in [2.05, 4.69) is 17.1 Å². The predicted octanol–water partition coefficient (Wildman–Crippen LogP) is 1.24. The average molecular weight is 198 g/mol. The number of likely N-dealkylation sites (N-methyl/N-ethyl adjacent to an activating group) is 1. The van der Waals surface area contributed by atoms with E-state index in [1.165, 1.54) is 0 Å². The molecule has 1 saturated heterocycles. The molecule has 1 aliphatic heterocycles. The Kier molecular flexibility index (Phi) is 3.20. The number of rotatable bonds is 1. The monoisotopic (exact) mass is 198 g/mol. The van der Waals surface area contributed by atoms with Crippen LogP contribution in [0.3, 0.4) is 0 Å². The van der Waals surface area contributed by atoms with E-state index in [-0.39, 0.29) is 17.5 Å². The number of carbonyl (C=O) groups excluding carboxylic acids is 1. The van der Waals surface area contributed by atoms with E-state index in [1.807, 2.05) is 27.8 Å². The number of likely N-dealkylation sites (tertiary alicyclic amines) is 1. The molecule has 0 unspecified atom stereocenters. The van der Waals surface area contributed by atoms with Gasteiger partial charge in [0.2, 0.25) is 5.91 Å². The van der Waals surface area contributed by atoms with E-state index in [4.69, 9.17) is 0 Å². The highest BCUT2D eigenvalue weighted by atomic mass is 16.2. The zero-order valence-electron chi connectivity index (χ0n) is 9.92. The second-order valence-electron chi connectivity index (χ2n) is 5.43. The van der Waals surface area contributed by atoms with Crippen molar-refractivity contribution in [2.24, 2.45) is 5.92 Å². The van der Waals surface area contributed by atoms with Crippen molar-refractivity contribution >= 4 is 5.91 Å². The van der Waals surface area contributed by atoms with Crippen molar-refractivity contribution in [1.82, 2.24) is 10.2 Å². The second kappa shape index (κ2) is 3.89. The van der Waals surface area contributed by atoms with Gasteiger partial charge in [0.05, 0.1) is 6.04 Å². The molecule has 0 spiro atoms. The van der Waals surface area contributed by atoms with Gasteiger partial charge in [-0.15, -0.1) is 0 Å². The number of carbonyl (C=O) groups is 1. The fourth-order valence-corrected chi connectivity index (χ4v) is 2.04. The molecule has 1 heterocycles. The first-order chi connectivity index (χ1) is 6.31. The molecule has 0 saturated carbocycles. The Labute approximate surface area is 86.9 Å². The van der Waals surface area contributed by atoms with Crippen LogP contribution in [0.15, 0.2) is 0 Å². The summed E-state index contributed by atoms with van der Waals surface area (Å²) in [6.07, 6.45) is 1.12. The van der Waals surface area contributed by atoms with Gasteiger partial charge >= 0.3 is 0 Å². The first-order valence-electron chi connectivity index (χ1n) is 5.33. The first kappa shape index (κ1) is 11.5. The van der Waals surface area contributed by atoms with Crippen LogP contribution in [0, 0.1) is 5.92 Å². The molecule has 1 amide bonds. The Balaban J connectivity index is 2.60. The van der Waals surface area contributed by atoms with Gasteiger partial charge in [0.1, 0.15) is 0 Å². The molecule has 0 aromatic rings. The molecular weight excluding hydrogens is 176 g/mol. The smallest absolute Gasteiger partial charge is 0.238 e. The maximum Gasteiger partial charge on any atom is 0.238 e. The van der Waals surface area contributed by atoms with E-state index in [0.29, 0.717) is 5.92 Å². The molecule has 1 rings (SSSR count). The average Bonchev–Trinajstić information content (AvgIpc) is 2.27. The van der Waals surface area contributed by atoms with Crippen molar-refractivity contribution in [2.45, 2.75) is 45.7 Å². The van der Waals surface area contributed by atoms with Gasteiger partial charge in [-0.2, -0.15) is 0 Å². The minimum Gasteiger partial charge on any atom is -0.350 e. The van der Waals surface area contributed by atoms with Gasteiger partial charge in [0, 0.05) is 5.54 Å². The Morgan fingerprint density at radius 1 is 1.43 bits per heavy atom. The lowest BCUT2D eigenvalue weighted by molar-refractivity contribution is -0.127. The largest absolute Gasteiger partial charge is 0.350 e. The molecule has 14 heavy (non-hydrogen) atoms. The SMILES string of the molecule is C[C@H]1CCN(C)[C@@H]1C(=O)NC(C)(C)C. The fraction of sp³-hybridized carbons (Fsp3) is 0.909. The van der Waals surface area contributed by atoms with Crippen LogP contribution >= 0.6 is 0 Å². The van der Waals surface area contributed by atoms with Gasteiger partial charge in [0.15, 0.2) is 0 Å². The summed E-state index contributed by atoms with van der Waals surface area (Å²) in [6.45, 7) is 9.24. The molecule has 2 atom stereocenters. The lowest BCUT2D eigenvalue weighted by Gasteiger charge is -2.27. The molecular formula is C11H22N2O. The third-order valence-electron chi connectivity index (χ3n) is 2.72. The molecule has 0 aromatic heterocycles. The van der Waals surface area contributed by atoms with Gasteiger partial charge < -0.3 is 5.32 Å². The molecule has 1 fully saturated rings. The summed E-state index contributed by atoms with van der Waals surface area (Å²) < 4.78 is 0. The number of hydrogen-bond donors (Lipinski definition) is 1. The molecule has 3 heteroatoms. The highest BCUT2D eigenvalue weighted by molar-refractivity contribution is 5.83. The number of nitrogens with zero attached hydrogens (tertiary/aromatic N) is 1. The van der Waals surface area contributed by atoms with Crippen LogP contribution in [0.4, 0.5) is 0 Å². The molecule has 82 valence electrons. The summed E-state index contributed by atoms with van der Waals surface area (Å²) in [4.78, 5) is 14.1. The highest BCUT2D eigenvalue weighted by Crippen LogP contribution is 2.22. The zero-order chi connectivity index (χ0) is 10.9. The lowest BCUT2D eigenvalue weighted by atomic mass is 10.0. The van der Waals surface area contributed by atoms with Crippen molar-refractivity contribution in [1.29, 1.82) is 0 Å². The summed E-state index contributed by atoms with van der Waals surface area (Å²) in [6, 6.07) is 0.0641. The van der Waals surface area contributed by atoms with E-state index >= 15 is 0 Å². The highest BCUT2D eigenvalue weighted by Gasteiger charge is 2.35. The summed E-state index contributed by atoms with van der Waals surface area (Å²) in [5.41, 5.74) is -0.125. The third-order valence-corrected chi connectivity index (χ3v) is 2.72. The van der Waals surface area contributed by atoms with Crippen LogP contribution in [-0.2, 0) is 4.79 Å². The van der Waals surface area contributed by atoms with Crippen LogP contribution in [0.1, 0.15) is 34.1 Å². The standard InChI is InChI=1S/C11H22N2O/c1-8-6-7-13(5)9(8)10(14)12-11(2,3)4/h8-9H,6-7H2,1-5H3,(H,12,14)/t8-,9-/m0/s1. The van der Waals surface area contributed by atoms with Crippen LogP contribution in [0.5, 0.6) is 0 Å². The molecule has 0 bridgehead atoms. The minimum absolute atomic E-state index is 0.0641. The van der Waals surface area contributed by atoms with Gasteiger partial charge in [0.25, 0.3) is 0 Å². The van der Waals surface area contributed by atoms with Crippen LogP contribution in [0.25, 0.3) is 0 Å². The number of nitrogens with one attached hydrogen (secondary N) is 1. The van der Waals surface area contributed by atoms with E-state index in [0.717, 1.165) is 13.0 Å². The number of hydrogen-bond acceptors (Lipinski definition) is 2.